The molecule has 11 aromatic rings. The van der Waals surface area contributed by atoms with Crippen molar-refractivity contribution >= 4 is 93.7 Å². The van der Waals surface area contributed by atoms with Crippen molar-refractivity contribution in [2.75, 3.05) is 0 Å². The first-order valence-electron chi connectivity index (χ1n) is 18.0. The van der Waals surface area contributed by atoms with E-state index in [0.717, 1.165) is 0 Å². The van der Waals surface area contributed by atoms with Crippen LogP contribution in [-0.2, 0) is 0 Å². The topological polar surface area (TPSA) is 9.86 Å². The summed E-state index contributed by atoms with van der Waals surface area (Å²) >= 11 is 0. The van der Waals surface area contributed by atoms with Crippen molar-refractivity contribution in [2.45, 2.75) is 0 Å². The summed E-state index contributed by atoms with van der Waals surface area (Å²) in [6, 6.07) is 57.6. The van der Waals surface area contributed by atoms with Gasteiger partial charge in [-0.15, -0.1) is 0 Å². The minimum Gasteiger partial charge on any atom is -0.375 e. The molecule has 0 saturated heterocycles. The Hall–Kier alpha value is -6.58. The Morgan fingerprint density at radius 2 is 1.04 bits per heavy atom. The Balaban J connectivity index is 1.28. The average Bonchev–Trinajstić information content (AvgIpc) is 3.69. The molecule has 0 atom stereocenters. The number of nitrogens with zero attached hydrogens (tertiary/aromatic N) is 2. The minimum absolute atomic E-state index is 0.0185. The minimum atomic E-state index is 0.0185. The van der Waals surface area contributed by atoms with E-state index in [1.165, 1.54) is 126 Å². The molecule has 4 heterocycles. The highest BCUT2D eigenvalue weighted by Gasteiger charge is 2.43. The number of aromatic nitrogens is 2. The predicted molar refractivity (Wildman–Crippen MR) is 217 cm³/mol. The molecule has 51 heavy (non-hydrogen) atoms. The molecule has 0 bridgehead atoms. The first-order chi connectivity index (χ1) is 25.3. The predicted octanol–water partition coefficient (Wildman–Crippen LogP) is 10.9. The van der Waals surface area contributed by atoms with E-state index in [0.29, 0.717) is 0 Å². The molecule has 2 aliphatic heterocycles. The smallest absolute Gasteiger partial charge is 0.333 e. The van der Waals surface area contributed by atoms with Gasteiger partial charge in [0.15, 0.2) is 0 Å². The van der Waals surface area contributed by atoms with Crippen LogP contribution >= 0.6 is 0 Å². The quantitative estimate of drug-likeness (QED) is 0.146. The number of rotatable bonds is 0. The summed E-state index contributed by atoms with van der Waals surface area (Å²) in [5.74, 6) is 0. The zero-order valence-corrected chi connectivity index (χ0v) is 27.4. The molecule has 2 aromatic heterocycles. The van der Waals surface area contributed by atoms with E-state index in [2.05, 4.69) is 161 Å². The van der Waals surface area contributed by atoms with Gasteiger partial charge < -0.3 is 9.05 Å². The molecule has 0 radical (unpaired) electrons. The zero-order valence-electron chi connectivity index (χ0n) is 27.4. The van der Waals surface area contributed by atoms with E-state index in [9.17, 15) is 0 Å². The highest BCUT2D eigenvalue weighted by molar-refractivity contribution is 6.90. The third-order valence-corrected chi connectivity index (χ3v) is 12.6. The van der Waals surface area contributed by atoms with Crippen molar-refractivity contribution in [3.05, 3.63) is 152 Å². The summed E-state index contributed by atoms with van der Waals surface area (Å²) in [7, 11) is 0. The van der Waals surface area contributed by atoms with Gasteiger partial charge in [0.1, 0.15) is 0 Å². The molecule has 1 aliphatic carbocycles. The van der Waals surface area contributed by atoms with Crippen LogP contribution in [0.25, 0.3) is 115 Å². The Morgan fingerprint density at radius 1 is 0.373 bits per heavy atom. The van der Waals surface area contributed by atoms with E-state index in [1.54, 1.807) is 0 Å². The van der Waals surface area contributed by atoms with E-state index in [-0.39, 0.29) is 6.85 Å². The molecule has 0 fully saturated rings. The van der Waals surface area contributed by atoms with Crippen LogP contribution in [0.15, 0.2) is 152 Å². The molecule has 3 heteroatoms. The molecule has 0 N–H and O–H groups in total. The molecule has 2 nitrogen and oxygen atoms in total. The van der Waals surface area contributed by atoms with Gasteiger partial charge >= 0.3 is 6.85 Å². The molecule has 14 rings (SSSR count). The van der Waals surface area contributed by atoms with Crippen molar-refractivity contribution in [3.63, 3.8) is 0 Å². The van der Waals surface area contributed by atoms with Crippen molar-refractivity contribution in [1.29, 1.82) is 0 Å². The molecule has 0 spiro atoms. The lowest BCUT2D eigenvalue weighted by Gasteiger charge is -2.34. The number of hydrogen-bond donors (Lipinski definition) is 0. The maximum atomic E-state index is 2.73. The van der Waals surface area contributed by atoms with Gasteiger partial charge in [-0.25, -0.2) is 0 Å². The van der Waals surface area contributed by atoms with Gasteiger partial charge in [0.2, 0.25) is 0 Å². The largest absolute Gasteiger partial charge is 0.375 e. The first-order valence-corrected chi connectivity index (χ1v) is 18.0. The fourth-order valence-corrected chi connectivity index (χ4v) is 10.8. The van der Waals surface area contributed by atoms with Crippen LogP contribution < -0.4 is 10.9 Å². The zero-order chi connectivity index (χ0) is 32.7. The molecule has 0 unspecified atom stereocenters. The lowest BCUT2D eigenvalue weighted by molar-refractivity contribution is 1.18. The van der Waals surface area contributed by atoms with Crippen LogP contribution in [0, 0.1) is 0 Å². The maximum absolute atomic E-state index is 2.73. The fourth-order valence-electron chi connectivity index (χ4n) is 10.8. The molecular formula is C48H25BN2. The van der Waals surface area contributed by atoms with E-state index >= 15 is 0 Å². The van der Waals surface area contributed by atoms with Crippen molar-refractivity contribution in [3.8, 4) is 39.1 Å². The van der Waals surface area contributed by atoms with E-state index in [1.807, 2.05) is 0 Å². The second kappa shape index (κ2) is 8.41. The van der Waals surface area contributed by atoms with Crippen LogP contribution in [0.3, 0.4) is 0 Å². The standard InChI is InChI=1S/C48H25BN2/c1-3-13-29-26(10-1)22-23-39-42(29)44-30-14-4-2-11-27(30)24-36-35-19-9-21-40-46(35)49(51(39)47(36)44)37-25-28-12-7-17-33-31-15-5-6-16-32(31)34-18-8-20-38-43(34)45(41(28)33)48(37)50(38)40/h1-25H. The third-order valence-electron chi connectivity index (χ3n) is 12.6. The SMILES string of the molecule is c1ccc2c(c1)-c1cccc3cc4c5c(c13)c1c-2cccc1n5-c1cccc2c1B4n1c3ccc4ccccc4c3c3c4ccccc4cc-2c31. The van der Waals surface area contributed by atoms with Gasteiger partial charge in [-0.3, -0.25) is 0 Å². The Bertz CT molecular complexity index is 3490. The maximum Gasteiger partial charge on any atom is 0.333 e. The first kappa shape index (κ1) is 25.4. The normalized spacial score (nSPS) is 13.5. The van der Waals surface area contributed by atoms with Crippen LogP contribution in [0.5, 0.6) is 0 Å². The van der Waals surface area contributed by atoms with Gasteiger partial charge in [0.25, 0.3) is 0 Å². The second-order valence-electron chi connectivity index (χ2n) is 14.7. The molecular weight excluding hydrogens is 615 g/mol. The fraction of sp³-hybridized carbons (Fsp3) is 0. The Labute approximate surface area is 292 Å². The summed E-state index contributed by atoms with van der Waals surface area (Å²) in [5, 5.41) is 13.4. The van der Waals surface area contributed by atoms with Gasteiger partial charge in [0.05, 0.1) is 11.0 Å². The van der Waals surface area contributed by atoms with E-state index in [4.69, 9.17) is 0 Å². The highest BCUT2D eigenvalue weighted by Crippen LogP contribution is 2.52. The van der Waals surface area contributed by atoms with E-state index < -0.39 is 0 Å². The monoisotopic (exact) mass is 640 g/mol. The molecule has 0 amide bonds. The Kier molecular flexibility index (Phi) is 4.19. The van der Waals surface area contributed by atoms with Crippen LogP contribution in [0.1, 0.15) is 0 Å². The van der Waals surface area contributed by atoms with Crippen molar-refractivity contribution in [2.24, 2.45) is 0 Å². The Morgan fingerprint density at radius 3 is 1.90 bits per heavy atom. The summed E-state index contributed by atoms with van der Waals surface area (Å²) in [4.78, 5) is 0. The van der Waals surface area contributed by atoms with Gasteiger partial charge in [-0.2, -0.15) is 0 Å². The second-order valence-corrected chi connectivity index (χ2v) is 14.7. The van der Waals surface area contributed by atoms with Crippen LogP contribution in [-0.4, -0.2) is 15.9 Å². The highest BCUT2D eigenvalue weighted by atomic mass is 15.0. The number of fused-ring (bicyclic) bond motifs is 15. The lowest BCUT2D eigenvalue weighted by Crippen LogP contribution is -2.55. The number of hydrogen-bond acceptors (Lipinski definition) is 0. The van der Waals surface area contributed by atoms with Gasteiger partial charge in [-0.05, 0) is 95.3 Å². The summed E-state index contributed by atoms with van der Waals surface area (Å²) < 4.78 is 5.35. The third kappa shape index (κ3) is 2.72. The lowest BCUT2D eigenvalue weighted by atomic mass is 9.45. The molecule has 230 valence electrons. The van der Waals surface area contributed by atoms with Gasteiger partial charge in [0, 0.05) is 43.8 Å². The van der Waals surface area contributed by atoms with Crippen LogP contribution in [0.4, 0.5) is 0 Å². The summed E-state index contributed by atoms with van der Waals surface area (Å²) in [6.07, 6.45) is 0. The van der Waals surface area contributed by atoms with Crippen LogP contribution in [0.2, 0.25) is 0 Å². The average molecular weight is 641 g/mol. The molecule has 0 saturated carbocycles. The van der Waals surface area contributed by atoms with Gasteiger partial charge in [-0.1, -0.05) is 127 Å². The summed E-state index contributed by atoms with van der Waals surface area (Å²) in [5.41, 5.74) is 17.3. The van der Waals surface area contributed by atoms with Crippen molar-refractivity contribution in [1.82, 2.24) is 9.05 Å². The molecule has 3 aliphatic rings. The molecule has 9 aromatic carbocycles. The summed E-state index contributed by atoms with van der Waals surface area (Å²) in [6.45, 7) is 0.0185. The van der Waals surface area contributed by atoms with Crippen molar-refractivity contribution < 1.29 is 0 Å². The number of benzene rings is 9.